The molecule has 2 saturated heterocycles. The molecule has 8 nitrogen and oxygen atoms in total. The summed E-state index contributed by atoms with van der Waals surface area (Å²) >= 11 is 0. The number of ether oxygens (including phenoxy) is 2. The highest BCUT2D eigenvalue weighted by Crippen LogP contribution is 2.22. The van der Waals surface area contributed by atoms with Crippen LogP contribution in [0, 0.1) is 0 Å². The van der Waals surface area contributed by atoms with E-state index < -0.39 is 0 Å². The van der Waals surface area contributed by atoms with Crippen LogP contribution in [0.4, 0.5) is 17.3 Å². The first-order valence-corrected chi connectivity index (χ1v) is 10.1. The second-order valence-electron chi connectivity index (χ2n) is 7.50. The van der Waals surface area contributed by atoms with Gasteiger partial charge in [0.15, 0.2) is 0 Å². The number of amides is 1. The van der Waals surface area contributed by atoms with E-state index in [1.807, 2.05) is 12.1 Å². The summed E-state index contributed by atoms with van der Waals surface area (Å²) in [6.07, 6.45) is 3.75. The van der Waals surface area contributed by atoms with Gasteiger partial charge in [0, 0.05) is 32.4 Å². The van der Waals surface area contributed by atoms with Crippen molar-refractivity contribution in [2.24, 2.45) is 0 Å². The van der Waals surface area contributed by atoms with Crippen molar-refractivity contribution in [2.45, 2.75) is 26.1 Å². The van der Waals surface area contributed by atoms with Crippen molar-refractivity contribution in [3.05, 3.63) is 42.2 Å². The zero-order valence-corrected chi connectivity index (χ0v) is 16.9. The van der Waals surface area contributed by atoms with Gasteiger partial charge < -0.3 is 24.6 Å². The van der Waals surface area contributed by atoms with Gasteiger partial charge in [0.25, 0.3) is 5.91 Å². The molecule has 8 heteroatoms. The molecule has 2 unspecified atom stereocenters. The number of morpholine rings is 2. The molecule has 154 valence electrons. The Hall–Kier alpha value is -2.71. The Kier molecular flexibility index (Phi) is 5.92. The normalized spacial score (nSPS) is 22.4. The quantitative estimate of drug-likeness (QED) is 0.847. The largest absolute Gasteiger partial charge is 0.378 e. The van der Waals surface area contributed by atoms with Crippen LogP contribution < -0.4 is 15.1 Å². The molecular weight excluding hydrogens is 370 g/mol. The molecule has 4 heterocycles. The minimum Gasteiger partial charge on any atom is -0.378 e. The highest BCUT2D eigenvalue weighted by molar-refractivity contribution is 6.07. The lowest BCUT2D eigenvalue weighted by Gasteiger charge is -2.36. The van der Waals surface area contributed by atoms with Crippen molar-refractivity contribution in [3.8, 4) is 0 Å². The number of hydrogen-bond donors (Lipinski definition) is 1. The number of carbonyl (C=O) groups is 1. The van der Waals surface area contributed by atoms with Crippen molar-refractivity contribution in [3.63, 3.8) is 0 Å². The zero-order valence-electron chi connectivity index (χ0n) is 16.9. The van der Waals surface area contributed by atoms with E-state index in [1.54, 1.807) is 24.5 Å². The molecule has 0 radical (unpaired) electrons. The number of hydrogen-bond acceptors (Lipinski definition) is 7. The van der Waals surface area contributed by atoms with E-state index >= 15 is 0 Å². The smallest absolute Gasteiger partial charge is 0.259 e. The molecule has 2 aromatic rings. The van der Waals surface area contributed by atoms with Gasteiger partial charge in [0.1, 0.15) is 11.6 Å². The van der Waals surface area contributed by atoms with Gasteiger partial charge >= 0.3 is 0 Å². The predicted molar refractivity (Wildman–Crippen MR) is 112 cm³/mol. The fourth-order valence-electron chi connectivity index (χ4n) is 3.81. The third-order valence-electron chi connectivity index (χ3n) is 5.09. The van der Waals surface area contributed by atoms with Crippen LogP contribution in [0.5, 0.6) is 0 Å². The zero-order chi connectivity index (χ0) is 20.2. The predicted octanol–water partition coefficient (Wildman–Crippen LogP) is 2.18. The van der Waals surface area contributed by atoms with Crippen molar-refractivity contribution >= 4 is 23.2 Å². The second kappa shape index (κ2) is 8.75. The first kappa shape index (κ1) is 19.6. The fraction of sp³-hybridized carbons (Fsp3) is 0.476. The lowest BCUT2D eigenvalue weighted by molar-refractivity contribution is -0.00545. The first-order chi connectivity index (χ1) is 14.1. The Morgan fingerprint density at radius 3 is 2.52 bits per heavy atom. The number of pyridine rings is 2. The van der Waals surface area contributed by atoms with Gasteiger partial charge in [-0.2, -0.15) is 0 Å². The Morgan fingerprint density at radius 1 is 1.07 bits per heavy atom. The Balaban J connectivity index is 1.45. The Labute approximate surface area is 170 Å². The maximum Gasteiger partial charge on any atom is 0.259 e. The van der Waals surface area contributed by atoms with E-state index in [1.165, 1.54) is 0 Å². The minimum absolute atomic E-state index is 0.170. The molecule has 0 bridgehead atoms. The summed E-state index contributed by atoms with van der Waals surface area (Å²) in [6.45, 7) is 8.48. The number of carbonyl (C=O) groups excluding carboxylic acids is 1. The van der Waals surface area contributed by atoms with Crippen molar-refractivity contribution in [2.75, 3.05) is 54.5 Å². The summed E-state index contributed by atoms with van der Waals surface area (Å²) < 4.78 is 11.2. The molecule has 2 atom stereocenters. The highest BCUT2D eigenvalue weighted by Gasteiger charge is 2.23. The lowest BCUT2D eigenvalue weighted by Crippen LogP contribution is -2.45. The van der Waals surface area contributed by atoms with E-state index in [2.05, 4.69) is 38.9 Å². The van der Waals surface area contributed by atoms with Crippen LogP contribution in [0.3, 0.4) is 0 Å². The maximum absolute atomic E-state index is 12.9. The van der Waals surface area contributed by atoms with E-state index in [-0.39, 0.29) is 18.1 Å². The topological polar surface area (TPSA) is 79.8 Å². The molecule has 29 heavy (non-hydrogen) atoms. The van der Waals surface area contributed by atoms with Gasteiger partial charge in [0.05, 0.1) is 42.9 Å². The standard InChI is InChI=1S/C21H27N5O3/c1-15-13-26(14-16(2)29-15)19-6-5-17(12-23-19)24-21(27)18-4-3-7-22-20(18)25-8-10-28-11-9-25/h3-7,12,15-16H,8-11,13-14H2,1-2H3,(H,24,27). The molecule has 2 aliphatic rings. The van der Waals surface area contributed by atoms with Gasteiger partial charge in [-0.25, -0.2) is 9.97 Å². The lowest BCUT2D eigenvalue weighted by atomic mass is 10.2. The van der Waals surface area contributed by atoms with Gasteiger partial charge in [-0.05, 0) is 38.1 Å². The average Bonchev–Trinajstić information content (AvgIpc) is 2.74. The molecular formula is C21H27N5O3. The van der Waals surface area contributed by atoms with E-state index in [0.717, 1.165) is 32.0 Å². The van der Waals surface area contributed by atoms with Gasteiger partial charge in [-0.3, -0.25) is 4.79 Å². The summed E-state index contributed by atoms with van der Waals surface area (Å²) in [5, 5.41) is 2.94. The fourth-order valence-corrected chi connectivity index (χ4v) is 3.81. The van der Waals surface area contributed by atoms with Crippen LogP contribution in [-0.2, 0) is 9.47 Å². The van der Waals surface area contributed by atoms with Gasteiger partial charge in [0.2, 0.25) is 0 Å². The summed E-state index contributed by atoms with van der Waals surface area (Å²) in [5.41, 5.74) is 1.21. The minimum atomic E-state index is -0.192. The number of nitrogens with one attached hydrogen (secondary N) is 1. The Bertz CT molecular complexity index is 828. The van der Waals surface area contributed by atoms with E-state index in [4.69, 9.17) is 9.47 Å². The van der Waals surface area contributed by atoms with Crippen LogP contribution in [0.2, 0.25) is 0 Å². The van der Waals surface area contributed by atoms with Crippen molar-refractivity contribution in [1.82, 2.24) is 9.97 Å². The summed E-state index contributed by atoms with van der Waals surface area (Å²) in [5.74, 6) is 1.39. The maximum atomic E-state index is 12.9. The SMILES string of the molecule is CC1CN(c2ccc(NC(=O)c3cccnc3N3CCOCC3)cn2)CC(C)O1. The second-order valence-corrected chi connectivity index (χ2v) is 7.50. The molecule has 0 aromatic carbocycles. The molecule has 2 aromatic heterocycles. The Morgan fingerprint density at radius 2 is 1.83 bits per heavy atom. The van der Waals surface area contributed by atoms with Crippen LogP contribution in [-0.4, -0.2) is 67.5 Å². The van der Waals surface area contributed by atoms with E-state index in [0.29, 0.717) is 30.3 Å². The van der Waals surface area contributed by atoms with Gasteiger partial charge in [-0.15, -0.1) is 0 Å². The number of aromatic nitrogens is 2. The van der Waals surface area contributed by atoms with Crippen molar-refractivity contribution < 1.29 is 14.3 Å². The molecule has 4 rings (SSSR count). The molecule has 1 amide bonds. The first-order valence-electron chi connectivity index (χ1n) is 10.1. The van der Waals surface area contributed by atoms with Crippen LogP contribution in [0.1, 0.15) is 24.2 Å². The van der Waals surface area contributed by atoms with Crippen molar-refractivity contribution in [1.29, 1.82) is 0 Å². The third-order valence-corrected chi connectivity index (χ3v) is 5.09. The number of nitrogens with zero attached hydrogens (tertiary/aromatic N) is 4. The van der Waals surface area contributed by atoms with Gasteiger partial charge in [-0.1, -0.05) is 0 Å². The number of rotatable bonds is 4. The number of anilines is 3. The molecule has 0 saturated carbocycles. The molecule has 2 fully saturated rings. The van der Waals surface area contributed by atoms with Crippen LogP contribution in [0.15, 0.2) is 36.7 Å². The molecule has 2 aliphatic heterocycles. The summed E-state index contributed by atoms with van der Waals surface area (Å²) in [4.78, 5) is 26.2. The molecule has 0 aliphatic carbocycles. The summed E-state index contributed by atoms with van der Waals surface area (Å²) in [7, 11) is 0. The average molecular weight is 397 g/mol. The van der Waals surface area contributed by atoms with Crippen LogP contribution >= 0.6 is 0 Å². The monoisotopic (exact) mass is 397 g/mol. The highest BCUT2D eigenvalue weighted by atomic mass is 16.5. The third kappa shape index (κ3) is 4.65. The molecule has 1 N–H and O–H groups in total. The molecule has 0 spiro atoms. The summed E-state index contributed by atoms with van der Waals surface area (Å²) in [6, 6.07) is 7.40. The van der Waals surface area contributed by atoms with Crippen LogP contribution in [0.25, 0.3) is 0 Å². The van der Waals surface area contributed by atoms with E-state index in [9.17, 15) is 4.79 Å².